The Bertz CT molecular complexity index is 664. The van der Waals surface area contributed by atoms with Crippen LogP contribution in [0.5, 0.6) is 0 Å². The maximum atomic E-state index is 12.7. The number of carbonyl (C=O) groups is 3. The van der Waals surface area contributed by atoms with E-state index in [1.54, 1.807) is 6.92 Å². The summed E-state index contributed by atoms with van der Waals surface area (Å²) in [7, 11) is 0. The zero-order valence-corrected chi connectivity index (χ0v) is 16.5. The lowest BCUT2D eigenvalue weighted by molar-refractivity contribution is -0.139. The fourth-order valence-corrected chi connectivity index (χ4v) is 3.09. The maximum absolute atomic E-state index is 12.7. The van der Waals surface area contributed by atoms with Gasteiger partial charge in [-0.3, -0.25) is 19.9 Å². The van der Waals surface area contributed by atoms with E-state index >= 15 is 0 Å². The highest BCUT2D eigenvalue weighted by atomic mass is 16.2. The van der Waals surface area contributed by atoms with Crippen molar-refractivity contribution in [2.75, 3.05) is 19.6 Å². The molecule has 1 saturated heterocycles. The summed E-state index contributed by atoms with van der Waals surface area (Å²) >= 11 is 0. The number of rotatable bonds is 10. The molecule has 1 fully saturated rings. The Morgan fingerprint density at radius 1 is 1.22 bits per heavy atom. The number of amides is 4. The first kappa shape index (κ1) is 20.9. The monoisotopic (exact) mass is 374 g/mol. The van der Waals surface area contributed by atoms with Crippen molar-refractivity contribution in [2.24, 2.45) is 0 Å². The molecule has 0 spiro atoms. The molecule has 1 aliphatic heterocycles. The molecule has 1 atom stereocenters. The van der Waals surface area contributed by atoms with Gasteiger partial charge in [-0.2, -0.15) is 5.01 Å². The predicted octanol–water partition coefficient (Wildman–Crippen LogP) is 2.08. The SMILES string of the molecule is CCCCN(CC)CC(=O)NN1C(=O)NC(C)(CCc2ccccc2)C1=O. The van der Waals surface area contributed by atoms with Crippen LogP contribution in [0.3, 0.4) is 0 Å². The van der Waals surface area contributed by atoms with E-state index in [2.05, 4.69) is 17.7 Å². The van der Waals surface area contributed by atoms with Crippen LogP contribution in [-0.4, -0.2) is 52.9 Å². The van der Waals surface area contributed by atoms with Gasteiger partial charge in [-0.1, -0.05) is 50.6 Å². The molecule has 0 bridgehead atoms. The second kappa shape index (κ2) is 9.50. The summed E-state index contributed by atoms with van der Waals surface area (Å²) in [5.41, 5.74) is 2.54. The minimum absolute atomic E-state index is 0.161. The average molecular weight is 374 g/mol. The van der Waals surface area contributed by atoms with Gasteiger partial charge in [0.05, 0.1) is 6.54 Å². The van der Waals surface area contributed by atoms with Crippen molar-refractivity contribution in [1.29, 1.82) is 0 Å². The minimum Gasteiger partial charge on any atom is -0.322 e. The Kier molecular flexibility index (Phi) is 7.36. The number of carbonyl (C=O) groups excluding carboxylic acids is 3. The van der Waals surface area contributed by atoms with Gasteiger partial charge in [-0.05, 0) is 44.8 Å². The van der Waals surface area contributed by atoms with E-state index in [1.807, 2.05) is 42.2 Å². The zero-order chi connectivity index (χ0) is 19.9. The van der Waals surface area contributed by atoms with Gasteiger partial charge in [0.25, 0.3) is 11.8 Å². The zero-order valence-electron chi connectivity index (χ0n) is 16.5. The molecule has 1 aromatic carbocycles. The molecule has 1 aromatic rings. The molecular weight excluding hydrogens is 344 g/mol. The molecule has 0 radical (unpaired) electrons. The highest BCUT2D eigenvalue weighted by molar-refractivity contribution is 6.07. The topological polar surface area (TPSA) is 81.8 Å². The normalized spacial score (nSPS) is 19.5. The molecule has 0 aromatic heterocycles. The van der Waals surface area contributed by atoms with Gasteiger partial charge < -0.3 is 5.32 Å². The standard InChI is InChI=1S/C20H30N4O3/c1-4-6-14-23(5-2)15-17(25)22-24-18(26)20(3,21-19(24)27)13-12-16-10-8-7-9-11-16/h7-11H,4-6,12-15H2,1-3H3,(H,21,27)(H,22,25). The van der Waals surface area contributed by atoms with Crippen LogP contribution in [0.1, 0.15) is 45.6 Å². The largest absolute Gasteiger partial charge is 0.344 e. The van der Waals surface area contributed by atoms with Gasteiger partial charge in [0, 0.05) is 0 Å². The van der Waals surface area contributed by atoms with Gasteiger partial charge in [0.15, 0.2) is 0 Å². The molecule has 148 valence electrons. The van der Waals surface area contributed by atoms with Crippen molar-refractivity contribution in [3.05, 3.63) is 35.9 Å². The molecule has 4 amide bonds. The number of nitrogens with one attached hydrogen (secondary N) is 2. The maximum Gasteiger partial charge on any atom is 0.344 e. The first-order valence-corrected chi connectivity index (χ1v) is 9.62. The number of benzene rings is 1. The minimum atomic E-state index is -1.02. The number of hydrogen-bond donors (Lipinski definition) is 2. The number of unbranched alkanes of at least 4 members (excludes halogenated alkanes) is 1. The van der Waals surface area contributed by atoms with Gasteiger partial charge in [0.2, 0.25) is 0 Å². The van der Waals surface area contributed by atoms with Crippen molar-refractivity contribution >= 4 is 17.8 Å². The van der Waals surface area contributed by atoms with Crippen LogP contribution in [0, 0.1) is 0 Å². The van der Waals surface area contributed by atoms with Crippen molar-refractivity contribution in [1.82, 2.24) is 20.7 Å². The number of likely N-dealkylation sites (N-methyl/N-ethyl adjacent to an activating group) is 1. The van der Waals surface area contributed by atoms with Crippen molar-refractivity contribution in [2.45, 2.75) is 52.0 Å². The van der Waals surface area contributed by atoms with Crippen LogP contribution in [0.2, 0.25) is 0 Å². The average Bonchev–Trinajstić information content (AvgIpc) is 2.88. The van der Waals surface area contributed by atoms with Crippen LogP contribution >= 0.6 is 0 Å². The summed E-state index contributed by atoms with van der Waals surface area (Å²) in [6.45, 7) is 7.49. The van der Waals surface area contributed by atoms with Crippen molar-refractivity contribution in [3.63, 3.8) is 0 Å². The number of hydrogen-bond acceptors (Lipinski definition) is 4. The Balaban J connectivity index is 1.93. The van der Waals surface area contributed by atoms with E-state index in [4.69, 9.17) is 0 Å². The second-order valence-electron chi connectivity index (χ2n) is 7.15. The third-order valence-electron chi connectivity index (χ3n) is 4.90. The Morgan fingerprint density at radius 3 is 2.56 bits per heavy atom. The third kappa shape index (κ3) is 5.53. The smallest absolute Gasteiger partial charge is 0.322 e. The summed E-state index contributed by atoms with van der Waals surface area (Å²) < 4.78 is 0. The Labute approximate surface area is 161 Å². The van der Waals surface area contributed by atoms with E-state index in [9.17, 15) is 14.4 Å². The molecule has 0 aliphatic carbocycles. The summed E-state index contributed by atoms with van der Waals surface area (Å²) in [4.78, 5) is 39.3. The van der Waals surface area contributed by atoms with Gasteiger partial charge in [-0.15, -0.1) is 0 Å². The van der Waals surface area contributed by atoms with Crippen LogP contribution in [-0.2, 0) is 16.0 Å². The van der Waals surface area contributed by atoms with E-state index < -0.39 is 17.5 Å². The molecule has 7 heteroatoms. The number of urea groups is 1. The Hall–Kier alpha value is -2.41. The summed E-state index contributed by atoms with van der Waals surface area (Å²) in [5, 5.41) is 3.54. The number of nitrogens with zero attached hydrogens (tertiary/aromatic N) is 2. The van der Waals surface area contributed by atoms with Crippen LogP contribution < -0.4 is 10.7 Å². The Morgan fingerprint density at radius 2 is 1.93 bits per heavy atom. The summed E-state index contributed by atoms with van der Waals surface area (Å²) in [6.07, 6.45) is 3.17. The first-order chi connectivity index (χ1) is 12.9. The lowest BCUT2D eigenvalue weighted by Gasteiger charge is -2.23. The van der Waals surface area contributed by atoms with Crippen LogP contribution in [0.4, 0.5) is 4.79 Å². The molecule has 2 N–H and O–H groups in total. The molecule has 1 unspecified atom stereocenters. The molecular formula is C20H30N4O3. The number of aryl methyl sites for hydroxylation is 1. The lowest BCUT2D eigenvalue weighted by Crippen LogP contribution is -2.51. The highest BCUT2D eigenvalue weighted by Crippen LogP contribution is 2.22. The van der Waals surface area contributed by atoms with Crippen molar-refractivity contribution < 1.29 is 14.4 Å². The quantitative estimate of drug-likeness (QED) is 0.615. The lowest BCUT2D eigenvalue weighted by atomic mass is 9.93. The van der Waals surface area contributed by atoms with Crippen molar-refractivity contribution in [3.8, 4) is 0 Å². The van der Waals surface area contributed by atoms with E-state index in [0.717, 1.165) is 36.5 Å². The van der Waals surface area contributed by atoms with E-state index in [1.165, 1.54) is 0 Å². The van der Waals surface area contributed by atoms with Crippen LogP contribution in [0.25, 0.3) is 0 Å². The molecule has 0 saturated carbocycles. The van der Waals surface area contributed by atoms with Gasteiger partial charge >= 0.3 is 6.03 Å². The third-order valence-corrected chi connectivity index (χ3v) is 4.90. The molecule has 2 rings (SSSR count). The second-order valence-corrected chi connectivity index (χ2v) is 7.15. The summed E-state index contributed by atoms with van der Waals surface area (Å²) in [6, 6.07) is 9.21. The molecule has 27 heavy (non-hydrogen) atoms. The van der Waals surface area contributed by atoms with E-state index in [0.29, 0.717) is 12.8 Å². The highest BCUT2D eigenvalue weighted by Gasteiger charge is 2.48. The first-order valence-electron chi connectivity index (χ1n) is 9.62. The fourth-order valence-electron chi connectivity index (χ4n) is 3.09. The van der Waals surface area contributed by atoms with Gasteiger partial charge in [0.1, 0.15) is 5.54 Å². The summed E-state index contributed by atoms with van der Waals surface area (Å²) in [5.74, 6) is -0.780. The molecule has 1 aliphatic rings. The van der Waals surface area contributed by atoms with Gasteiger partial charge in [-0.25, -0.2) is 4.79 Å². The fraction of sp³-hybridized carbons (Fsp3) is 0.550. The number of imide groups is 1. The van der Waals surface area contributed by atoms with E-state index in [-0.39, 0.29) is 12.5 Å². The van der Waals surface area contributed by atoms with Crippen LogP contribution in [0.15, 0.2) is 30.3 Å². The molecule has 1 heterocycles. The number of hydrazine groups is 1. The predicted molar refractivity (Wildman–Crippen MR) is 104 cm³/mol. The molecule has 7 nitrogen and oxygen atoms in total.